The second-order valence-corrected chi connectivity index (χ2v) is 7.42. The van der Waals surface area contributed by atoms with Crippen LogP contribution in [0.25, 0.3) is 0 Å². The lowest BCUT2D eigenvalue weighted by atomic mass is 9.49. The molecule has 1 saturated carbocycles. The molecule has 1 N–H and O–H groups in total. The molecule has 0 radical (unpaired) electrons. The highest BCUT2D eigenvalue weighted by molar-refractivity contribution is 5.82. The summed E-state index contributed by atoms with van der Waals surface area (Å²) in [5, 5.41) is 9.96. The lowest BCUT2D eigenvalue weighted by molar-refractivity contribution is -0.130. The molecule has 0 aromatic heterocycles. The molecule has 0 spiro atoms. The second-order valence-electron chi connectivity index (χ2n) is 7.42. The van der Waals surface area contributed by atoms with E-state index in [1.165, 1.54) is 11.1 Å². The van der Waals surface area contributed by atoms with E-state index in [0.717, 1.165) is 25.8 Å². The molecule has 2 fully saturated rings. The zero-order valence-electron chi connectivity index (χ0n) is 12.8. The van der Waals surface area contributed by atoms with Gasteiger partial charge in [-0.3, -0.25) is 4.79 Å². The molecule has 1 aliphatic heterocycles. The number of ketones is 1. The molecule has 3 heteroatoms. The van der Waals surface area contributed by atoms with Crippen LogP contribution in [0.4, 0.5) is 0 Å². The standard InChI is InChI=1S/C18H23NO2/c1-11-7-14(21)10-18-5-6-19(2)16(17(11)18)8-12-3-4-13(20)9-15(12)18/h3-4,9,11,16-17,20H,5-8,10H2,1-2H3/t11-,16?,17-,18?/m1/s1. The largest absolute Gasteiger partial charge is 0.508 e. The van der Waals surface area contributed by atoms with Gasteiger partial charge in [-0.15, -0.1) is 0 Å². The molecule has 112 valence electrons. The van der Waals surface area contributed by atoms with Crippen LogP contribution in [0.3, 0.4) is 0 Å². The fraction of sp³-hybridized carbons (Fsp3) is 0.611. The molecule has 4 atom stereocenters. The fourth-order valence-electron chi connectivity index (χ4n) is 5.51. The van der Waals surface area contributed by atoms with Crippen LogP contribution in [0.15, 0.2) is 18.2 Å². The van der Waals surface area contributed by atoms with Gasteiger partial charge in [0.05, 0.1) is 0 Å². The molecule has 21 heavy (non-hydrogen) atoms. The number of nitrogens with zero attached hydrogens (tertiary/aromatic N) is 1. The molecule has 1 aromatic rings. The van der Waals surface area contributed by atoms with Crippen LogP contribution in [0.2, 0.25) is 0 Å². The zero-order valence-corrected chi connectivity index (χ0v) is 12.8. The van der Waals surface area contributed by atoms with Gasteiger partial charge in [0.1, 0.15) is 11.5 Å². The van der Waals surface area contributed by atoms with E-state index in [1.807, 2.05) is 6.07 Å². The third-order valence-corrected chi connectivity index (χ3v) is 6.26. The van der Waals surface area contributed by atoms with Gasteiger partial charge in [0.25, 0.3) is 0 Å². The molecular weight excluding hydrogens is 262 g/mol. The number of aromatic hydroxyl groups is 1. The Hall–Kier alpha value is -1.35. The summed E-state index contributed by atoms with van der Waals surface area (Å²) >= 11 is 0. The van der Waals surface area contributed by atoms with Gasteiger partial charge >= 0.3 is 0 Å². The van der Waals surface area contributed by atoms with E-state index in [9.17, 15) is 9.90 Å². The van der Waals surface area contributed by atoms with E-state index in [0.29, 0.717) is 35.8 Å². The summed E-state index contributed by atoms with van der Waals surface area (Å²) in [6, 6.07) is 6.34. The van der Waals surface area contributed by atoms with Crippen molar-refractivity contribution in [1.29, 1.82) is 0 Å². The number of hydrogen-bond donors (Lipinski definition) is 1. The number of likely N-dealkylation sites (N-methyl/N-ethyl adjacent to an activating group) is 1. The van der Waals surface area contributed by atoms with E-state index in [1.54, 1.807) is 6.07 Å². The lowest BCUT2D eigenvalue weighted by Gasteiger charge is -2.60. The second kappa shape index (κ2) is 4.33. The maximum absolute atomic E-state index is 12.3. The number of Topliss-reactive ketones (excluding diaryl/α,β-unsaturated/α-hetero) is 1. The highest BCUT2D eigenvalue weighted by atomic mass is 16.3. The van der Waals surface area contributed by atoms with Crippen LogP contribution in [0.1, 0.15) is 37.3 Å². The van der Waals surface area contributed by atoms with Crippen molar-refractivity contribution >= 4 is 5.78 Å². The minimum atomic E-state index is -0.0295. The summed E-state index contributed by atoms with van der Waals surface area (Å²) in [5.74, 6) is 1.72. The molecule has 0 amide bonds. The third-order valence-electron chi connectivity index (χ3n) is 6.26. The minimum absolute atomic E-state index is 0.0295. The fourth-order valence-corrected chi connectivity index (χ4v) is 5.51. The molecule has 2 unspecified atom stereocenters. The van der Waals surface area contributed by atoms with Crippen LogP contribution in [0, 0.1) is 11.8 Å². The van der Waals surface area contributed by atoms with Crippen molar-refractivity contribution in [3.05, 3.63) is 29.3 Å². The number of phenols is 1. The van der Waals surface area contributed by atoms with Crippen molar-refractivity contribution in [2.45, 2.75) is 44.1 Å². The Balaban J connectivity index is 1.94. The highest BCUT2D eigenvalue weighted by Crippen LogP contribution is 2.56. The van der Waals surface area contributed by atoms with E-state index >= 15 is 0 Å². The summed E-state index contributed by atoms with van der Waals surface area (Å²) in [5.41, 5.74) is 2.57. The molecule has 1 aromatic carbocycles. The molecule has 2 bridgehead atoms. The van der Waals surface area contributed by atoms with Crippen molar-refractivity contribution < 1.29 is 9.90 Å². The molecule has 3 aliphatic rings. The van der Waals surface area contributed by atoms with E-state index in [-0.39, 0.29) is 5.41 Å². The summed E-state index contributed by atoms with van der Waals surface area (Å²) in [4.78, 5) is 14.8. The Kier molecular flexibility index (Phi) is 2.74. The van der Waals surface area contributed by atoms with Crippen molar-refractivity contribution in [2.75, 3.05) is 13.6 Å². The molecular formula is C18H23NO2. The highest BCUT2D eigenvalue weighted by Gasteiger charge is 2.57. The van der Waals surface area contributed by atoms with Crippen molar-refractivity contribution in [3.63, 3.8) is 0 Å². The van der Waals surface area contributed by atoms with E-state index < -0.39 is 0 Å². The number of phenolic OH excluding ortho intramolecular Hbond substituents is 1. The Morgan fingerprint density at radius 3 is 2.95 bits per heavy atom. The Bertz CT molecular complexity index is 611. The van der Waals surface area contributed by atoms with Gasteiger partial charge in [-0.25, -0.2) is 0 Å². The Morgan fingerprint density at radius 1 is 1.33 bits per heavy atom. The average molecular weight is 285 g/mol. The van der Waals surface area contributed by atoms with Gasteiger partial charge in [0.2, 0.25) is 0 Å². The molecule has 1 saturated heterocycles. The van der Waals surface area contributed by atoms with Crippen molar-refractivity contribution in [3.8, 4) is 5.75 Å². The number of carbonyl (C=O) groups is 1. The van der Waals surface area contributed by atoms with E-state index in [4.69, 9.17) is 0 Å². The predicted octanol–water partition coefficient (Wildman–Crippen LogP) is 2.51. The van der Waals surface area contributed by atoms with Gasteiger partial charge in [0.15, 0.2) is 0 Å². The Morgan fingerprint density at radius 2 is 2.14 bits per heavy atom. The molecule has 2 aliphatic carbocycles. The van der Waals surface area contributed by atoms with Crippen LogP contribution >= 0.6 is 0 Å². The number of rotatable bonds is 0. The SMILES string of the molecule is C[C@@H]1CC(=O)CC23CCN(C)C(Cc4ccc(O)cc42)[C@@H]13. The van der Waals surface area contributed by atoms with Gasteiger partial charge in [0, 0.05) is 24.3 Å². The molecule has 3 nitrogen and oxygen atoms in total. The van der Waals surface area contributed by atoms with Crippen molar-refractivity contribution in [2.24, 2.45) is 11.8 Å². The number of piperidine rings is 1. The van der Waals surface area contributed by atoms with Gasteiger partial charge < -0.3 is 10.0 Å². The zero-order chi connectivity index (χ0) is 14.8. The maximum atomic E-state index is 12.3. The van der Waals surface area contributed by atoms with Crippen LogP contribution in [0.5, 0.6) is 5.75 Å². The van der Waals surface area contributed by atoms with Crippen LogP contribution < -0.4 is 0 Å². The van der Waals surface area contributed by atoms with Gasteiger partial charge in [-0.1, -0.05) is 13.0 Å². The summed E-state index contributed by atoms with van der Waals surface area (Å²) in [6.45, 7) is 3.30. The Labute approximate surface area is 126 Å². The number of hydrogen-bond acceptors (Lipinski definition) is 3. The summed E-state index contributed by atoms with van der Waals surface area (Å²) < 4.78 is 0. The average Bonchev–Trinajstić information content (AvgIpc) is 2.43. The predicted molar refractivity (Wildman–Crippen MR) is 81.4 cm³/mol. The first-order valence-electron chi connectivity index (χ1n) is 8.05. The number of carbonyl (C=O) groups excluding carboxylic acids is 1. The number of benzene rings is 1. The monoisotopic (exact) mass is 285 g/mol. The lowest BCUT2D eigenvalue weighted by Crippen LogP contribution is -2.63. The molecule has 1 heterocycles. The number of fused-ring (bicyclic) bond motifs is 1. The van der Waals surface area contributed by atoms with Crippen LogP contribution in [-0.2, 0) is 16.6 Å². The topological polar surface area (TPSA) is 40.5 Å². The van der Waals surface area contributed by atoms with Gasteiger partial charge in [-0.05, 0) is 61.5 Å². The smallest absolute Gasteiger partial charge is 0.134 e. The quantitative estimate of drug-likeness (QED) is 0.796. The first-order valence-corrected chi connectivity index (χ1v) is 8.05. The first kappa shape index (κ1) is 13.3. The number of likely N-dealkylation sites (tertiary alicyclic amines) is 1. The summed E-state index contributed by atoms with van der Waals surface area (Å²) in [6.07, 6.45) is 3.49. The van der Waals surface area contributed by atoms with Gasteiger partial charge in [-0.2, -0.15) is 0 Å². The third kappa shape index (κ3) is 1.73. The first-order chi connectivity index (χ1) is 10.0. The normalized spacial score (nSPS) is 38.8. The maximum Gasteiger partial charge on any atom is 0.134 e. The molecule has 4 rings (SSSR count). The van der Waals surface area contributed by atoms with Crippen LogP contribution in [-0.4, -0.2) is 35.4 Å². The minimum Gasteiger partial charge on any atom is -0.508 e. The van der Waals surface area contributed by atoms with Crippen molar-refractivity contribution in [1.82, 2.24) is 4.90 Å². The summed E-state index contributed by atoms with van der Waals surface area (Å²) in [7, 11) is 2.23. The van der Waals surface area contributed by atoms with E-state index in [2.05, 4.69) is 24.9 Å².